The quantitative estimate of drug-likeness (QED) is 0.872. The molecule has 0 atom stereocenters. The summed E-state index contributed by atoms with van der Waals surface area (Å²) in [5.41, 5.74) is 1.45. The molecule has 0 radical (unpaired) electrons. The van der Waals surface area contributed by atoms with E-state index in [1.54, 1.807) is 0 Å². The van der Waals surface area contributed by atoms with E-state index in [9.17, 15) is 0 Å². The van der Waals surface area contributed by atoms with Crippen LogP contribution < -0.4 is 10.2 Å². The van der Waals surface area contributed by atoms with E-state index in [1.165, 1.54) is 24.8 Å². The highest BCUT2D eigenvalue weighted by Gasteiger charge is 2.21. The molecule has 4 nitrogen and oxygen atoms in total. The number of piperidine rings is 1. The molecule has 0 aliphatic carbocycles. The molecule has 1 saturated heterocycles. The SMILES string of the molecule is CC(C)CNc1ccnc(N2CCC(Cc3ccccc3)CC2)n1. The maximum atomic E-state index is 4.68. The zero-order valence-electron chi connectivity index (χ0n) is 14.8. The highest BCUT2D eigenvalue weighted by molar-refractivity contribution is 5.41. The second-order valence-electron chi connectivity index (χ2n) is 7.14. The molecule has 2 heterocycles. The lowest BCUT2D eigenvalue weighted by Crippen LogP contribution is -2.35. The summed E-state index contributed by atoms with van der Waals surface area (Å²) in [5, 5.41) is 3.39. The Morgan fingerprint density at radius 2 is 1.88 bits per heavy atom. The number of benzene rings is 1. The van der Waals surface area contributed by atoms with Crippen LogP contribution in [-0.4, -0.2) is 29.6 Å². The van der Waals surface area contributed by atoms with Crippen molar-refractivity contribution in [2.75, 3.05) is 29.9 Å². The van der Waals surface area contributed by atoms with Crippen molar-refractivity contribution in [3.8, 4) is 0 Å². The molecule has 1 aromatic heterocycles. The minimum absolute atomic E-state index is 0.608. The summed E-state index contributed by atoms with van der Waals surface area (Å²) in [5.74, 6) is 3.17. The largest absolute Gasteiger partial charge is 0.370 e. The Balaban J connectivity index is 1.53. The molecule has 0 spiro atoms. The van der Waals surface area contributed by atoms with Crippen LogP contribution in [-0.2, 0) is 6.42 Å². The van der Waals surface area contributed by atoms with Gasteiger partial charge in [-0.1, -0.05) is 44.2 Å². The number of hydrogen-bond acceptors (Lipinski definition) is 4. The Bertz CT molecular complexity index is 619. The zero-order valence-corrected chi connectivity index (χ0v) is 14.8. The van der Waals surface area contributed by atoms with Crippen molar-refractivity contribution < 1.29 is 0 Å². The number of hydrogen-bond donors (Lipinski definition) is 1. The minimum atomic E-state index is 0.608. The summed E-state index contributed by atoms with van der Waals surface area (Å²) >= 11 is 0. The van der Waals surface area contributed by atoms with E-state index >= 15 is 0 Å². The molecular weight excluding hydrogens is 296 g/mol. The molecule has 4 heteroatoms. The van der Waals surface area contributed by atoms with Crippen LogP contribution in [0, 0.1) is 11.8 Å². The minimum Gasteiger partial charge on any atom is -0.370 e. The lowest BCUT2D eigenvalue weighted by Gasteiger charge is -2.32. The van der Waals surface area contributed by atoms with Crippen molar-refractivity contribution in [3.63, 3.8) is 0 Å². The van der Waals surface area contributed by atoms with Gasteiger partial charge >= 0.3 is 0 Å². The van der Waals surface area contributed by atoms with Crippen LogP contribution in [0.15, 0.2) is 42.6 Å². The molecule has 0 unspecified atom stereocenters. The van der Waals surface area contributed by atoms with Gasteiger partial charge < -0.3 is 10.2 Å². The molecule has 0 bridgehead atoms. The van der Waals surface area contributed by atoms with Crippen LogP contribution in [0.5, 0.6) is 0 Å². The topological polar surface area (TPSA) is 41.1 Å². The summed E-state index contributed by atoms with van der Waals surface area (Å²) in [6.07, 6.45) is 5.47. The van der Waals surface area contributed by atoms with Gasteiger partial charge in [0.1, 0.15) is 5.82 Å². The van der Waals surface area contributed by atoms with Crippen molar-refractivity contribution in [1.82, 2.24) is 9.97 Å². The van der Waals surface area contributed by atoms with E-state index in [0.717, 1.165) is 37.3 Å². The van der Waals surface area contributed by atoms with E-state index in [0.29, 0.717) is 5.92 Å². The maximum absolute atomic E-state index is 4.68. The molecule has 3 rings (SSSR count). The second kappa shape index (κ2) is 8.13. The fourth-order valence-corrected chi connectivity index (χ4v) is 3.19. The molecule has 1 aliphatic heterocycles. The van der Waals surface area contributed by atoms with Gasteiger partial charge in [0.05, 0.1) is 0 Å². The van der Waals surface area contributed by atoms with Crippen LogP contribution in [0.1, 0.15) is 32.3 Å². The van der Waals surface area contributed by atoms with Gasteiger partial charge in [0.15, 0.2) is 0 Å². The van der Waals surface area contributed by atoms with Crippen LogP contribution in [0.4, 0.5) is 11.8 Å². The highest BCUT2D eigenvalue weighted by Crippen LogP contribution is 2.24. The summed E-state index contributed by atoms with van der Waals surface area (Å²) < 4.78 is 0. The first kappa shape index (κ1) is 16.7. The summed E-state index contributed by atoms with van der Waals surface area (Å²) in [7, 11) is 0. The predicted octanol–water partition coefficient (Wildman–Crippen LogP) is 4.00. The number of anilines is 2. The van der Waals surface area contributed by atoms with Gasteiger partial charge in [0.2, 0.25) is 5.95 Å². The van der Waals surface area contributed by atoms with Gasteiger partial charge in [-0.2, -0.15) is 4.98 Å². The summed E-state index contributed by atoms with van der Waals surface area (Å²) in [6, 6.07) is 12.8. The Morgan fingerprint density at radius 1 is 1.12 bits per heavy atom. The number of nitrogens with one attached hydrogen (secondary N) is 1. The predicted molar refractivity (Wildman–Crippen MR) is 100 cm³/mol. The van der Waals surface area contributed by atoms with Crippen molar-refractivity contribution >= 4 is 11.8 Å². The van der Waals surface area contributed by atoms with E-state index in [-0.39, 0.29) is 0 Å². The molecule has 0 amide bonds. The van der Waals surface area contributed by atoms with Crippen LogP contribution in [0.3, 0.4) is 0 Å². The average molecular weight is 324 g/mol. The Kier molecular flexibility index (Phi) is 5.68. The van der Waals surface area contributed by atoms with Crippen molar-refractivity contribution in [2.24, 2.45) is 11.8 Å². The zero-order chi connectivity index (χ0) is 16.8. The summed E-state index contributed by atoms with van der Waals surface area (Å²) in [4.78, 5) is 11.5. The Morgan fingerprint density at radius 3 is 2.58 bits per heavy atom. The molecule has 1 N–H and O–H groups in total. The first-order valence-corrected chi connectivity index (χ1v) is 9.06. The van der Waals surface area contributed by atoms with Crippen LogP contribution in [0.25, 0.3) is 0 Å². The molecule has 1 fully saturated rings. The van der Waals surface area contributed by atoms with E-state index in [4.69, 9.17) is 0 Å². The smallest absolute Gasteiger partial charge is 0.227 e. The Hall–Kier alpha value is -2.10. The molecule has 2 aromatic rings. The average Bonchev–Trinajstić information content (AvgIpc) is 2.62. The molecule has 24 heavy (non-hydrogen) atoms. The van der Waals surface area contributed by atoms with E-state index in [2.05, 4.69) is 64.4 Å². The van der Waals surface area contributed by atoms with Gasteiger partial charge in [-0.25, -0.2) is 4.98 Å². The molecule has 128 valence electrons. The van der Waals surface area contributed by atoms with Crippen LogP contribution in [0.2, 0.25) is 0 Å². The maximum Gasteiger partial charge on any atom is 0.227 e. The van der Waals surface area contributed by atoms with Crippen molar-refractivity contribution in [3.05, 3.63) is 48.2 Å². The summed E-state index contributed by atoms with van der Waals surface area (Å²) in [6.45, 7) is 7.44. The van der Waals surface area contributed by atoms with Gasteiger partial charge in [-0.15, -0.1) is 0 Å². The third kappa shape index (κ3) is 4.70. The third-order valence-corrected chi connectivity index (χ3v) is 4.60. The molecular formula is C20H28N4. The number of nitrogens with zero attached hydrogens (tertiary/aromatic N) is 3. The fraction of sp³-hybridized carbons (Fsp3) is 0.500. The first-order chi connectivity index (χ1) is 11.7. The second-order valence-corrected chi connectivity index (χ2v) is 7.14. The van der Waals surface area contributed by atoms with Gasteiger partial charge in [0, 0.05) is 25.8 Å². The first-order valence-electron chi connectivity index (χ1n) is 9.06. The van der Waals surface area contributed by atoms with Crippen molar-refractivity contribution in [2.45, 2.75) is 33.1 Å². The van der Waals surface area contributed by atoms with E-state index < -0.39 is 0 Å². The normalized spacial score (nSPS) is 15.7. The number of rotatable bonds is 6. The Labute approximate surface area is 145 Å². The van der Waals surface area contributed by atoms with Crippen molar-refractivity contribution in [1.29, 1.82) is 0 Å². The van der Waals surface area contributed by atoms with E-state index in [1.807, 2.05) is 12.3 Å². The lowest BCUT2D eigenvalue weighted by molar-refractivity contribution is 0.400. The lowest BCUT2D eigenvalue weighted by atomic mass is 9.90. The highest BCUT2D eigenvalue weighted by atomic mass is 15.3. The standard InChI is InChI=1S/C20H28N4/c1-16(2)15-22-19-8-11-21-20(23-19)24-12-9-18(10-13-24)14-17-6-4-3-5-7-17/h3-8,11,16,18H,9-10,12-15H2,1-2H3,(H,21,22,23). The van der Waals surface area contributed by atoms with Gasteiger partial charge in [0.25, 0.3) is 0 Å². The molecule has 1 aliphatic rings. The molecule has 0 saturated carbocycles. The van der Waals surface area contributed by atoms with Gasteiger partial charge in [-0.05, 0) is 42.7 Å². The van der Waals surface area contributed by atoms with Crippen LogP contribution >= 0.6 is 0 Å². The monoisotopic (exact) mass is 324 g/mol. The molecule has 1 aromatic carbocycles. The third-order valence-electron chi connectivity index (χ3n) is 4.60. The van der Waals surface area contributed by atoms with Gasteiger partial charge in [-0.3, -0.25) is 0 Å². The number of aromatic nitrogens is 2. The fourth-order valence-electron chi connectivity index (χ4n) is 3.19.